The average molecular weight is 278 g/mol. The van der Waals surface area contributed by atoms with E-state index in [9.17, 15) is 4.79 Å². The number of carboxylic acid groups (broad SMARTS) is 1. The van der Waals surface area contributed by atoms with Gasteiger partial charge in [-0.1, -0.05) is 11.6 Å². The minimum Gasteiger partial charge on any atom is -0.478 e. The van der Waals surface area contributed by atoms with Crippen LogP contribution in [0.15, 0.2) is 30.6 Å². The molecular weight excluding hydrogens is 266 g/mol. The zero-order chi connectivity index (χ0) is 14.0. The number of pyridine rings is 1. The van der Waals surface area contributed by atoms with E-state index in [1.807, 2.05) is 13.8 Å². The van der Waals surface area contributed by atoms with E-state index in [0.717, 1.165) is 11.1 Å². The van der Waals surface area contributed by atoms with Gasteiger partial charge in [-0.2, -0.15) is 0 Å². The van der Waals surface area contributed by atoms with Crippen molar-refractivity contribution in [2.45, 2.75) is 13.8 Å². The first kappa shape index (κ1) is 13.4. The molecule has 1 aromatic carbocycles. The Bertz CT molecular complexity index is 617. The van der Waals surface area contributed by atoms with Gasteiger partial charge < -0.3 is 9.84 Å². The van der Waals surface area contributed by atoms with Crippen LogP contribution in [0.5, 0.6) is 11.5 Å². The van der Waals surface area contributed by atoms with Crippen LogP contribution in [0.1, 0.15) is 21.5 Å². The monoisotopic (exact) mass is 277 g/mol. The third-order valence-electron chi connectivity index (χ3n) is 2.61. The van der Waals surface area contributed by atoms with Gasteiger partial charge in [0, 0.05) is 11.2 Å². The van der Waals surface area contributed by atoms with Gasteiger partial charge in [-0.05, 0) is 43.2 Å². The molecule has 0 bridgehead atoms. The fraction of sp³-hybridized carbons (Fsp3) is 0.143. The molecule has 4 nitrogen and oxygen atoms in total. The Hall–Kier alpha value is -2.07. The molecule has 0 fully saturated rings. The predicted molar refractivity (Wildman–Crippen MR) is 72.2 cm³/mol. The van der Waals surface area contributed by atoms with Gasteiger partial charge in [-0.15, -0.1) is 0 Å². The van der Waals surface area contributed by atoms with E-state index in [2.05, 4.69) is 4.98 Å². The van der Waals surface area contributed by atoms with Crippen molar-refractivity contribution in [3.05, 3.63) is 52.3 Å². The lowest BCUT2D eigenvalue weighted by Crippen LogP contribution is -1.97. The number of carboxylic acids is 1. The summed E-state index contributed by atoms with van der Waals surface area (Å²) in [6.45, 7) is 3.77. The summed E-state index contributed by atoms with van der Waals surface area (Å²) in [5.41, 5.74) is 1.89. The predicted octanol–water partition coefficient (Wildman–Crippen LogP) is 3.84. The van der Waals surface area contributed by atoms with Gasteiger partial charge in [0.2, 0.25) is 0 Å². The number of halogens is 1. The number of hydrogen-bond donors (Lipinski definition) is 1. The number of aromatic carboxylic acids is 1. The van der Waals surface area contributed by atoms with Crippen LogP contribution < -0.4 is 4.74 Å². The third kappa shape index (κ3) is 3.03. The largest absolute Gasteiger partial charge is 0.478 e. The molecule has 98 valence electrons. The first-order chi connectivity index (χ1) is 8.97. The van der Waals surface area contributed by atoms with Gasteiger partial charge in [0.05, 0.1) is 11.8 Å². The summed E-state index contributed by atoms with van der Waals surface area (Å²) in [5, 5.41) is 9.59. The normalized spacial score (nSPS) is 10.3. The summed E-state index contributed by atoms with van der Waals surface area (Å²) < 4.78 is 5.60. The Morgan fingerprint density at radius 2 is 1.79 bits per heavy atom. The Labute approximate surface area is 115 Å². The lowest BCUT2D eigenvalue weighted by Gasteiger charge is -2.09. The summed E-state index contributed by atoms with van der Waals surface area (Å²) >= 11 is 6.07. The highest BCUT2D eigenvalue weighted by Gasteiger charge is 2.08. The Balaban J connectivity index is 2.31. The van der Waals surface area contributed by atoms with Crippen LogP contribution in [0.3, 0.4) is 0 Å². The van der Waals surface area contributed by atoms with Crippen LogP contribution in [0.2, 0.25) is 5.02 Å². The first-order valence-corrected chi connectivity index (χ1v) is 5.98. The van der Waals surface area contributed by atoms with Gasteiger partial charge in [0.15, 0.2) is 0 Å². The van der Waals surface area contributed by atoms with E-state index in [0.29, 0.717) is 16.5 Å². The minimum absolute atomic E-state index is 0.0832. The summed E-state index contributed by atoms with van der Waals surface area (Å²) in [4.78, 5) is 14.7. The highest BCUT2D eigenvalue weighted by molar-refractivity contribution is 6.32. The van der Waals surface area contributed by atoms with Crippen molar-refractivity contribution < 1.29 is 14.6 Å². The van der Waals surface area contributed by atoms with Crippen LogP contribution in [0, 0.1) is 13.8 Å². The lowest BCUT2D eigenvalue weighted by molar-refractivity contribution is 0.0696. The topological polar surface area (TPSA) is 59.4 Å². The van der Waals surface area contributed by atoms with E-state index >= 15 is 0 Å². The zero-order valence-corrected chi connectivity index (χ0v) is 11.2. The van der Waals surface area contributed by atoms with E-state index in [1.54, 1.807) is 12.1 Å². The summed E-state index contributed by atoms with van der Waals surface area (Å²) in [5.74, 6) is -0.0637. The van der Waals surface area contributed by atoms with Crippen molar-refractivity contribution in [3.8, 4) is 11.5 Å². The van der Waals surface area contributed by atoms with Crippen molar-refractivity contribution in [2.75, 3.05) is 0 Å². The molecule has 0 aliphatic heterocycles. The first-order valence-electron chi connectivity index (χ1n) is 5.60. The second kappa shape index (κ2) is 5.28. The molecular formula is C14H12ClNO3. The van der Waals surface area contributed by atoms with Crippen molar-refractivity contribution in [2.24, 2.45) is 0 Å². The maximum atomic E-state index is 10.8. The van der Waals surface area contributed by atoms with E-state index < -0.39 is 5.97 Å². The number of carbonyl (C=O) groups is 1. The molecule has 1 N–H and O–H groups in total. The molecule has 0 saturated carbocycles. The molecule has 0 amide bonds. The fourth-order valence-corrected chi connectivity index (χ4v) is 1.80. The Morgan fingerprint density at radius 3 is 2.37 bits per heavy atom. The van der Waals surface area contributed by atoms with Gasteiger partial charge >= 0.3 is 5.97 Å². The van der Waals surface area contributed by atoms with Crippen LogP contribution in [0.25, 0.3) is 0 Å². The smallest absolute Gasteiger partial charge is 0.337 e. The van der Waals surface area contributed by atoms with Gasteiger partial charge in [-0.25, -0.2) is 4.79 Å². The number of aryl methyl sites for hydroxylation is 2. The minimum atomic E-state index is -1.04. The van der Waals surface area contributed by atoms with Crippen molar-refractivity contribution >= 4 is 17.6 Å². The highest BCUT2D eigenvalue weighted by Crippen LogP contribution is 2.29. The zero-order valence-electron chi connectivity index (χ0n) is 10.5. The van der Waals surface area contributed by atoms with Gasteiger partial charge in [-0.3, -0.25) is 4.98 Å². The molecule has 2 rings (SSSR count). The number of benzene rings is 1. The highest BCUT2D eigenvalue weighted by atomic mass is 35.5. The molecule has 0 unspecified atom stereocenters. The van der Waals surface area contributed by atoms with Crippen molar-refractivity contribution in [1.29, 1.82) is 0 Å². The average Bonchev–Trinajstić information content (AvgIpc) is 2.36. The van der Waals surface area contributed by atoms with E-state index in [-0.39, 0.29) is 5.56 Å². The molecule has 2 aromatic rings. The van der Waals surface area contributed by atoms with E-state index in [1.165, 1.54) is 18.5 Å². The summed E-state index contributed by atoms with van der Waals surface area (Å²) in [6, 6.07) is 5.01. The molecule has 0 radical (unpaired) electrons. The second-order valence-corrected chi connectivity index (χ2v) is 4.57. The van der Waals surface area contributed by atoms with Crippen molar-refractivity contribution in [1.82, 2.24) is 4.98 Å². The molecule has 1 aromatic heterocycles. The van der Waals surface area contributed by atoms with Gasteiger partial charge in [0.25, 0.3) is 0 Å². The molecule has 0 aliphatic rings. The summed E-state index contributed by atoms with van der Waals surface area (Å²) in [7, 11) is 0. The number of nitrogens with zero attached hydrogens (tertiary/aromatic N) is 1. The molecule has 5 heteroatoms. The molecule has 19 heavy (non-hydrogen) atoms. The maximum Gasteiger partial charge on any atom is 0.337 e. The van der Waals surface area contributed by atoms with Gasteiger partial charge in [0.1, 0.15) is 11.5 Å². The molecule has 1 heterocycles. The van der Waals surface area contributed by atoms with Crippen LogP contribution in [0.4, 0.5) is 0 Å². The molecule has 0 aliphatic carbocycles. The second-order valence-electron chi connectivity index (χ2n) is 4.19. The quantitative estimate of drug-likeness (QED) is 0.926. The Kier molecular flexibility index (Phi) is 3.71. The fourth-order valence-electron chi connectivity index (χ4n) is 1.69. The van der Waals surface area contributed by atoms with E-state index in [4.69, 9.17) is 21.4 Å². The third-order valence-corrected chi connectivity index (χ3v) is 3.20. The molecule has 0 spiro atoms. The molecule has 0 atom stereocenters. The number of aromatic nitrogens is 1. The maximum absolute atomic E-state index is 10.8. The standard InChI is InChI=1S/C14H12ClNO3/c1-8-3-11(4-9(2)13(8)15)19-12-5-10(14(17)18)6-16-7-12/h3-7H,1-2H3,(H,17,18). The Morgan fingerprint density at radius 1 is 1.16 bits per heavy atom. The van der Waals surface area contributed by atoms with Crippen LogP contribution >= 0.6 is 11.6 Å². The lowest BCUT2D eigenvalue weighted by atomic mass is 10.1. The number of hydrogen-bond acceptors (Lipinski definition) is 3. The van der Waals surface area contributed by atoms with Crippen LogP contribution in [-0.4, -0.2) is 16.1 Å². The van der Waals surface area contributed by atoms with Crippen LogP contribution in [-0.2, 0) is 0 Å². The summed E-state index contributed by atoms with van der Waals surface area (Å²) in [6.07, 6.45) is 2.74. The number of ether oxygens (including phenoxy) is 1. The van der Waals surface area contributed by atoms with Crippen molar-refractivity contribution in [3.63, 3.8) is 0 Å². The number of rotatable bonds is 3. The SMILES string of the molecule is Cc1cc(Oc2cncc(C(=O)O)c2)cc(C)c1Cl. The molecule has 0 saturated heterocycles.